The van der Waals surface area contributed by atoms with Gasteiger partial charge in [-0.1, -0.05) is 102 Å². The average Bonchev–Trinajstić information content (AvgIpc) is 3.03. The SMILES string of the molecule is Cc1ccc2c(c1)C1=CC(Cc3cc(C(C)(C)C)cc(C(C)(C)C)c3)Cc3c(C)ccc-2c31. The summed E-state index contributed by atoms with van der Waals surface area (Å²) < 4.78 is 0. The average molecular weight is 435 g/mol. The highest BCUT2D eigenvalue weighted by Gasteiger charge is 2.32. The Bertz CT molecular complexity index is 1250. The second kappa shape index (κ2) is 7.45. The molecule has 3 aromatic carbocycles. The zero-order chi connectivity index (χ0) is 23.7. The highest BCUT2D eigenvalue weighted by Crippen LogP contribution is 2.50. The molecular formula is C33H38. The lowest BCUT2D eigenvalue weighted by Crippen LogP contribution is -2.18. The van der Waals surface area contributed by atoms with Crippen molar-refractivity contribution >= 4 is 5.57 Å². The van der Waals surface area contributed by atoms with Gasteiger partial charge in [-0.2, -0.15) is 0 Å². The third kappa shape index (κ3) is 3.88. The molecule has 5 rings (SSSR count). The fourth-order valence-corrected chi connectivity index (χ4v) is 5.64. The molecule has 1 unspecified atom stereocenters. The predicted octanol–water partition coefficient (Wildman–Crippen LogP) is 8.73. The van der Waals surface area contributed by atoms with E-state index in [0.717, 1.165) is 12.8 Å². The second-order valence-electron chi connectivity index (χ2n) is 12.5. The summed E-state index contributed by atoms with van der Waals surface area (Å²) >= 11 is 0. The van der Waals surface area contributed by atoms with Crippen molar-refractivity contribution in [2.24, 2.45) is 5.92 Å². The fourth-order valence-electron chi connectivity index (χ4n) is 5.64. The van der Waals surface area contributed by atoms with Gasteiger partial charge in [0, 0.05) is 0 Å². The van der Waals surface area contributed by atoms with Crippen LogP contribution in [0.4, 0.5) is 0 Å². The van der Waals surface area contributed by atoms with E-state index in [9.17, 15) is 0 Å². The van der Waals surface area contributed by atoms with Crippen molar-refractivity contribution in [1.82, 2.24) is 0 Å². The van der Waals surface area contributed by atoms with E-state index in [4.69, 9.17) is 0 Å². The first-order chi connectivity index (χ1) is 15.4. The topological polar surface area (TPSA) is 0 Å². The first-order valence-electron chi connectivity index (χ1n) is 12.5. The van der Waals surface area contributed by atoms with Gasteiger partial charge in [-0.15, -0.1) is 0 Å². The molecule has 33 heavy (non-hydrogen) atoms. The third-order valence-electron chi connectivity index (χ3n) is 7.66. The minimum absolute atomic E-state index is 0.154. The van der Waals surface area contributed by atoms with Crippen molar-refractivity contribution in [3.63, 3.8) is 0 Å². The van der Waals surface area contributed by atoms with Crippen LogP contribution in [0, 0.1) is 19.8 Å². The molecule has 3 aromatic rings. The van der Waals surface area contributed by atoms with E-state index < -0.39 is 0 Å². The second-order valence-corrected chi connectivity index (χ2v) is 12.5. The van der Waals surface area contributed by atoms with Gasteiger partial charge in [0.1, 0.15) is 0 Å². The van der Waals surface area contributed by atoms with Crippen LogP contribution in [0.5, 0.6) is 0 Å². The number of hydrogen-bond acceptors (Lipinski definition) is 0. The Hall–Kier alpha value is -2.60. The molecule has 0 N–H and O–H groups in total. The zero-order valence-corrected chi connectivity index (χ0v) is 21.7. The lowest BCUT2D eigenvalue weighted by atomic mass is 9.76. The Morgan fingerprint density at radius 1 is 0.727 bits per heavy atom. The Morgan fingerprint density at radius 2 is 1.36 bits per heavy atom. The highest BCUT2D eigenvalue weighted by molar-refractivity contribution is 6.03. The molecule has 0 radical (unpaired) electrons. The molecule has 0 saturated heterocycles. The zero-order valence-electron chi connectivity index (χ0n) is 21.7. The van der Waals surface area contributed by atoms with Crippen LogP contribution in [-0.2, 0) is 23.7 Å². The third-order valence-corrected chi connectivity index (χ3v) is 7.66. The maximum absolute atomic E-state index is 2.59. The van der Waals surface area contributed by atoms with Gasteiger partial charge in [-0.3, -0.25) is 0 Å². The molecule has 0 aliphatic heterocycles. The van der Waals surface area contributed by atoms with Gasteiger partial charge in [-0.25, -0.2) is 0 Å². The lowest BCUT2D eigenvalue weighted by Gasteiger charge is -2.28. The summed E-state index contributed by atoms with van der Waals surface area (Å²) in [6, 6.07) is 19.0. The molecule has 0 heteroatoms. The van der Waals surface area contributed by atoms with E-state index in [2.05, 4.69) is 110 Å². The standard InChI is InChI=1S/C33H38/c1-20-9-11-26-27-12-10-21(2)28-17-23(18-30(31(27)28)29(26)13-20)14-22-15-24(32(3,4)5)19-25(16-22)33(6,7)8/h9-13,15-16,18-19,23H,14,17H2,1-8H3. The van der Waals surface area contributed by atoms with Gasteiger partial charge in [0.2, 0.25) is 0 Å². The Labute approximate surface area is 200 Å². The minimum atomic E-state index is 0.154. The van der Waals surface area contributed by atoms with Crippen LogP contribution in [0.1, 0.15) is 86.1 Å². The first-order valence-corrected chi connectivity index (χ1v) is 12.5. The van der Waals surface area contributed by atoms with Gasteiger partial charge < -0.3 is 0 Å². The molecular weight excluding hydrogens is 396 g/mol. The number of rotatable bonds is 2. The molecule has 1 atom stereocenters. The van der Waals surface area contributed by atoms with Crippen LogP contribution < -0.4 is 0 Å². The number of hydrogen-bond donors (Lipinski definition) is 0. The number of allylic oxidation sites excluding steroid dienone is 1. The minimum Gasteiger partial charge on any atom is -0.0722 e. The Kier molecular flexibility index (Phi) is 5.02. The van der Waals surface area contributed by atoms with Crippen LogP contribution in [0.15, 0.2) is 54.6 Å². The van der Waals surface area contributed by atoms with Gasteiger partial charge in [0.15, 0.2) is 0 Å². The van der Waals surface area contributed by atoms with Gasteiger partial charge in [0.25, 0.3) is 0 Å². The number of fused-ring (bicyclic) bond motifs is 3. The first kappa shape index (κ1) is 22.2. The van der Waals surface area contributed by atoms with E-state index in [1.54, 1.807) is 5.56 Å². The molecule has 0 saturated carbocycles. The maximum Gasteiger partial charge on any atom is -0.00671 e. The molecule has 0 fully saturated rings. The van der Waals surface area contributed by atoms with Crippen LogP contribution in [0.3, 0.4) is 0 Å². The van der Waals surface area contributed by atoms with Crippen molar-refractivity contribution in [3.8, 4) is 11.1 Å². The summed E-state index contributed by atoms with van der Waals surface area (Å²) in [5.74, 6) is 0.524. The number of benzene rings is 3. The predicted molar refractivity (Wildman–Crippen MR) is 143 cm³/mol. The Balaban J connectivity index is 1.60. The summed E-state index contributed by atoms with van der Waals surface area (Å²) in [5, 5.41) is 0. The molecule has 0 bridgehead atoms. The van der Waals surface area contributed by atoms with Gasteiger partial charge in [-0.05, 0) is 99.1 Å². The molecule has 2 aliphatic carbocycles. The van der Waals surface area contributed by atoms with Crippen LogP contribution in [0.2, 0.25) is 0 Å². The molecule has 0 aromatic heterocycles. The summed E-state index contributed by atoms with van der Waals surface area (Å²) in [7, 11) is 0. The van der Waals surface area contributed by atoms with E-state index in [1.165, 1.54) is 55.6 Å². The summed E-state index contributed by atoms with van der Waals surface area (Å²) in [5.41, 5.74) is 16.3. The quantitative estimate of drug-likeness (QED) is 0.296. The molecule has 2 aliphatic rings. The van der Waals surface area contributed by atoms with E-state index >= 15 is 0 Å². The van der Waals surface area contributed by atoms with Crippen molar-refractivity contribution < 1.29 is 0 Å². The van der Waals surface area contributed by atoms with E-state index in [-0.39, 0.29) is 10.8 Å². The summed E-state index contributed by atoms with van der Waals surface area (Å²) in [6.07, 6.45) is 4.83. The maximum atomic E-state index is 2.59. The summed E-state index contributed by atoms with van der Waals surface area (Å²) in [4.78, 5) is 0. The van der Waals surface area contributed by atoms with Gasteiger partial charge in [0.05, 0.1) is 0 Å². The Morgan fingerprint density at radius 3 is 2.00 bits per heavy atom. The summed E-state index contributed by atoms with van der Waals surface area (Å²) in [6.45, 7) is 18.5. The van der Waals surface area contributed by atoms with Crippen molar-refractivity contribution in [3.05, 3.63) is 99.1 Å². The van der Waals surface area contributed by atoms with Crippen molar-refractivity contribution in [1.29, 1.82) is 0 Å². The van der Waals surface area contributed by atoms with E-state index in [0.29, 0.717) is 5.92 Å². The highest BCUT2D eigenvalue weighted by atomic mass is 14.4. The molecule has 170 valence electrons. The fraction of sp³-hybridized carbons (Fsp3) is 0.394. The largest absolute Gasteiger partial charge is 0.0722 e. The van der Waals surface area contributed by atoms with E-state index in [1.807, 2.05) is 0 Å². The van der Waals surface area contributed by atoms with Crippen molar-refractivity contribution in [2.45, 2.75) is 79.1 Å². The molecule has 0 spiro atoms. The molecule has 0 heterocycles. The monoisotopic (exact) mass is 434 g/mol. The van der Waals surface area contributed by atoms with Crippen LogP contribution >= 0.6 is 0 Å². The smallest absolute Gasteiger partial charge is 0.00671 e. The normalized spacial score (nSPS) is 17.0. The van der Waals surface area contributed by atoms with Gasteiger partial charge >= 0.3 is 0 Å². The van der Waals surface area contributed by atoms with Crippen LogP contribution in [-0.4, -0.2) is 0 Å². The lowest BCUT2D eigenvalue weighted by molar-refractivity contribution is 0.563. The molecule has 0 amide bonds. The van der Waals surface area contributed by atoms with Crippen molar-refractivity contribution in [2.75, 3.05) is 0 Å². The molecule has 0 nitrogen and oxygen atoms in total. The van der Waals surface area contributed by atoms with Crippen LogP contribution in [0.25, 0.3) is 16.7 Å². The number of aryl methyl sites for hydroxylation is 2.